The van der Waals surface area contributed by atoms with Gasteiger partial charge in [0.25, 0.3) is 0 Å². The van der Waals surface area contributed by atoms with Gasteiger partial charge in [-0.3, -0.25) is 0 Å². The molecular formula is C11H20N4O. The van der Waals surface area contributed by atoms with Crippen LogP contribution in [0.15, 0.2) is 4.52 Å². The van der Waals surface area contributed by atoms with Crippen LogP contribution in [0.25, 0.3) is 0 Å². The van der Waals surface area contributed by atoms with Gasteiger partial charge in [0.05, 0.1) is 6.54 Å². The van der Waals surface area contributed by atoms with E-state index < -0.39 is 0 Å². The molecule has 3 N–H and O–H groups in total. The monoisotopic (exact) mass is 224 g/mol. The first kappa shape index (κ1) is 11.5. The van der Waals surface area contributed by atoms with Crippen molar-refractivity contribution in [2.75, 3.05) is 6.54 Å². The van der Waals surface area contributed by atoms with Crippen molar-refractivity contribution in [2.24, 2.45) is 11.7 Å². The molecule has 0 amide bonds. The molecule has 0 aliphatic heterocycles. The van der Waals surface area contributed by atoms with E-state index in [0.29, 0.717) is 24.4 Å². The van der Waals surface area contributed by atoms with Crippen molar-refractivity contribution < 1.29 is 4.52 Å². The average molecular weight is 224 g/mol. The second kappa shape index (κ2) is 5.41. The minimum absolute atomic E-state index is 0.512. The fourth-order valence-electron chi connectivity index (χ4n) is 2.39. The van der Waals surface area contributed by atoms with Gasteiger partial charge in [-0.15, -0.1) is 0 Å². The van der Waals surface area contributed by atoms with E-state index in [2.05, 4.69) is 15.5 Å². The number of aromatic nitrogens is 2. The number of rotatable bonds is 4. The van der Waals surface area contributed by atoms with Crippen LogP contribution in [0.3, 0.4) is 0 Å². The zero-order chi connectivity index (χ0) is 11.4. The largest absolute Gasteiger partial charge is 0.340 e. The third kappa shape index (κ3) is 2.80. The van der Waals surface area contributed by atoms with Gasteiger partial charge in [-0.1, -0.05) is 18.0 Å². The Bertz CT molecular complexity index is 326. The molecule has 1 fully saturated rings. The first-order valence-corrected chi connectivity index (χ1v) is 6.02. The molecule has 2 atom stereocenters. The maximum Gasteiger partial charge on any atom is 0.223 e. The summed E-state index contributed by atoms with van der Waals surface area (Å²) in [4.78, 5) is 4.17. The van der Waals surface area contributed by atoms with Gasteiger partial charge >= 0.3 is 0 Å². The molecule has 16 heavy (non-hydrogen) atoms. The predicted molar refractivity (Wildman–Crippen MR) is 60.7 cm³/mol. The molecular weight excluding hydrogens is 204 g/mol. The Labute approximate surface area is 95.8 Å². The highest BCUT2D eigenvalue weighted by Crippen LogP contribution is 2.23. The maximum absolute atomic E-state index is 5.78. The molecule has 1 aromatic rings. The van der Waals surface area contributed by atoms with Crippen molar-refractivity contribution in [2.45, 2.75) is 45.2 Å². The van der Waals surface area contributed by atoms with E-state index >= 15 is 0 Å². The van der Waals surface area contributed by atoms with Crippen molar-refractivity contribution >= 4 is 0 Å². The second-order valence-electron chi connectivity index (χ2n) is 4.50. The van der Waals surface area contributed by atoms with Gasteiger partial charge in [-0.05, 0) is 25.3 Å². The highest BCUT2D eigenvalue weighted by Gasteiger charge is 2.23. The molecule has 1 heterocycles. The minimum Gasteiger partial charge on any atom is -0.340 e. The molecule has 90 valence electrons. The fourth-order valence-corrected chi connectivity index (χ4v) is 2.39. The van der Waals surface area contributed by atoms with Crippen LogP contribution >= 0.6 is 0 Å². The van der Waals surface area contributed by atoms with E-state index in [4.69, 9.17) is 10.3 Å². The molecule has 0 spiro atoms. The first-order chi connectivity index (χ1) is 7.79. The van der Waals surface area contributed by atoms with Crippen LogP contribution in [-0.2, 0) is 6.54 Å². The van der Waals surface area contributed by atoms with Gasteiger partial charge in [0, 0.05) is 13.0 Å². The summed E-state index contributed by atoms with van der Waals surface area (Å²) in [6.07, 6.45) is 5.04. The van der Waals surface area contributed by atoms with E-state index in [0.717, 1.165) is 12.4 Å². The molecule has 0 aromatic carbocycles. The Morgan fingerprint density at radius 3 is 2.94 bits per heavy atom. The zero-order valence-corrected chi connectivity index (χ0v) is 9.78. The summed E-state index contributed by atoms with van der Waals surface area (Å²) >= 11 is 0. The highest BCUT2D eigenvalue weighted by molar-refractivity contribution is 4.87. The van der Waals surface area contributed by atoms with Gasteiger partial charge in [0.15, 0.2) is 5.82 Å². The Morgan fingerprint density at radius 1 is 1.44 bits per heavy atom. The smallest absolute Gasteiger partial charge is 0.223 e. The lowest BCUT2D eigenvalue weighted by molar-refractivity contribution is 0.264. The fraction of sp³-hybridized carbons (Fsp3) is 0.818. The quantitative estimate of drug-likeness (QED) is 0.797. The molecule has 5 nitrogen and oxygen atoms in total. The Balaban J connectivity index is 1.84. The lowest BCUT2D eigenvalue weighted by Gasteiger charge is -2.31. The molecule has 1 aliphatic rings. The highest BCUT2D eigenvalue weighted by atomic mass is 16.5. The Morgan fingerprint density at radius 2 is 2.25 bits per heavy atom. The Kier molecular flexibility index (Phi) is 3.90. The van der Waals surface area contributed by atoms with E-state index in [1.165, 1.54) is 25.7 Å². The zero-order valence-electron chi connectivity index (χ0n) is 9.78. The normalized spacial score (nSPS) is 25.9. The first-order valence-electron chi connectivity index (χ1n) is 6.02. The van der Waals surface area contributed by atoms with E-state index in [-0.39, 0.29) is 0 Å². The number of aryl methyl sites for hydroxylation is 1. The molecule has 5 heteroatoms. The van der Waals surface area contributed by atoms with Crippen LogP contribution in [0.1, 0.15) is 37.4 Å². The lowest BCUT2D eigenvalue weighted by atomic mass is 9.84. The minimum atomic E-state index is 0.512. The summed E-state index contributed by atoms with van der Waals surface area (Å²) in [6.45, 7) is 3.25. The average Bonchev–Trinajstić information content (AvgIpc) is 2.73. The summed E-state index contributed by atoms with van der Waals surface area (Å²) in [5, 5.41) is 7.36. The molecule has 2 unspecified atom stereocenters. The standard InChI is InChI=1S/C11H20N4O/c1-8-14-11(15-16-8)7-13-10-5-3-2-4-9(10)6-12/h9-10,13H,2-7,12H2,1H3. The van der Waals surface area contributed by atoms with Gasteiger partial charge < -0.3 is 15.6 Å². The summed E-state index contributed by atoms with van der Waals surface area (Å²) in [7, 11) is 0. The van der Waals surface area contributed by atoms with Crippen LogP contribution < -0.4 is 11.1 Å². The Hall–Kier alpha value is -0.940. The van der Waals surface area contributed by atoms with Crippen LogP contribution in [0.5, 0.6) is 0 Å². The van der Waals surface area contributed by atoms with Gasteiger partial charge in [0.1, 0.15) is 0 Å². The van der Waals surface area contributed by atoms with Gasteiger partial charge in [-0.2, -0.15) is 4.98 Å². The molecule has 2 rings (SSSR count). The van der Waals surface area contributed by atoms with Crippen molar-refractivity contribution in [3.8, 4) is 0 Å². The van der Waals surface area contributed by atoms with E-state index in [9.17, 15) is 0 Å². The van der Waals surface area contributed by atoms with Crippen molar-refractivity contribution in [3.63, 3.8) is 0 Å². The number of nitrogens with one attached hydrogen (secondary N) is 1. The third-order valence-corrected chi connectivity index (χ3v) is 3.30. The second-order valence-corrected chi connectivity index (χ2v) is 4.50. The summed E-state index contributed by atoms with van der Waals surface area (Å²) < 4.78 is 4.93. The maximum atomic E-state index is 5.78. The van der Waals surface area contributed by atoms with Crippen molar-refractivity contribution in [3.05, 3.63) is 11.7 Å². The number of hydrogen-bond donors (Lipinski definition) is 2. The number of hydrogen-bond acceptors (Lipinski definition) is 5. The molecule has 1 saturated carbocycles. The van der Waals surface area contributed by atoms with E-state index in [1.807, 2.05) is 0 Å². The molecule has 0 radical (unpaired) electrons. The van der Waals surface area contributed by atoms with Gasteiger partial charge in [0.2, 0.25) is 5.89 Å². The van der Waals surface area contributed by atoms with Crippen molar-refractivity contribution in [1.82, 2.24) is 15.5 Å². The summed E-state index contributed by atoms with van der Waals surface area (Å²) in [5.74, 6) is 1.96. The topological polar surface area (TPSA) is 77.0 Å². The van der Waals surface area contributed by atoms with Crippen LogP contribution in [0, 0.1) is 12.8 Å². The summed E-state index contributed by atoms with van der Waals surface area (Å²) in [5.41, 5.74) is 5.78. The molecule has 1 aromatic heterocycles. The summed E-state index contributed by atoms with van der Waals surface area (Å²) in [6, 6.07) is 0.512. The number of nitrogens with two attached hydrogens (primary N) is 1. The predicted octanol–water partition coefficient (Wildman–Crippen LogP) is 0.985. The third-order valence-electron chi connectivity index (χ3n) is 3.30. The SMILES string of the molecule is Cc1nc(CNC2CCCCC2CN)no1. The van der Waals surface area contributed by atoms with E-state index in [1.54, 1.807) is 6.92 Å². The molecule has 0 bridgehead atoms. The van der Waals surface area contributed by atoms with Crippen LogP contribution in [-0.4, -0.2) is 22.7 Å². The van der Waals surface area contributed by atoms with Crippen molar-refractivity contribution in [1.29, 1.82) is 0 Å². The number of nitrogens with zero attached hydrogens (tertiary/aromatic N) is 2. The molecule has 1 aliphatic carbocycles. The van der Waals surface area contributed by atoms with Crippen LogP contribution in [0.2, 0.25) is 0 Å². The van der Waals surface area contributed by atoms with Crippen LogP contribution in [0.4, 0.5) is 0 Å². The lowest BCUT2D eigenvalue weighted by Crippen LogP contribution is -2.41. The van der Waals surface area contributed by atoms with Gasteiger partial charge in [-0.25, -0.2) is 0 Å². The molecule has 0 saturated heterocycles.